The minimum absolute atomic E-state index is 0.166. The van der Waals surface area contributed by atoms with Crippen LogP contribution < -0.4 is 4.72 Å². The predicted molar refractivity (Wildman–Crippen MR) is 70.0 cm³/mol. The maximum atomic E-state index is 13.2. The standard InChI is InChI=1S/C13H18FNO3S/c1-9-6-11(14)7-10(2)13(9)19(16,17)15-12-4-3-5-18-8-12/h6-7,12,15H,3-5,8H2,1-2H3. The normalized spacial score (nSPS) is 20.5. The lowest BCUT2D eigenvalue weighted by molar-refractivity contribution is 0.0774. The molecule has 0 saturated carbocycles. The fourth-order valence-corrected chi connectivity index (χ4v) is 4.14. The molecule has 0 aromatic heterocycles. The Morgan fingerprint density at radius 1 is 1.32 bits per heavy atom. The molecule has 0 aliphatic carbocycles. The van der Waals surface area contributed by atoms with Gasteiger partial charge in [-0.3, -0.25) is 0 Å². The number of ether oxygens (including phenoxy) is 1. The van der Waals surface area contributed by atoms with Crippen LogP contribution in [0, 0.1) is 19.7 Å². The molecule has 1 atom stereocenters. The van der Waals surface area contributed by atoms with E-state index in [1.807, 2.05) is 0 Å². The third kappa shape index (κ3) is 3.32. The average Bonchev–Trinajstić information content (AvgIpc) is 2.27. The Morgan fingerprint density at radius 2 is 1.95 bits per heavy atom. The first-order valence-electron chi connectivity index (χ1n) is 6.27. The second kappa shape index (κ2) is 5.56. The van der Waals surface area contributed by atoms with Crippen molar-refractivity contribution in [2.45, 2.75) is 37.6 Å². The van der Waals surface area contributed by atoms with Gasteiger partial charge < -0.3 is 4.74 Å². The fourth-order valence-electron chi connectivity index (χ4n) is 2.43. The van der Waals surface area contributed by atoms with E-state index < -0.39 is 15.8 Å². The molecule has 0 spiro atoms. The van der Waals surface area contributed by atoms with Crippen LogP contribution >= 0.6 is 0 Å². The molecule has 0 bridgehead atoms. The van der Waals surface area contributed by atoms with Gasteiger partial charge in [0.25, 0.3) is 0 Å². The number of aryl methyl sites for hydroxylation is 2. The minimum Gasteiger partial charge on any atom is -0.380 e. The summed E-state index contributed by atoms with van der Waals surface area (Å²) in [4.78, 5) is 0.166. The lowest BCUT2D eigenvalue weighted by Gasteiger charge is -2.23. The molecule has 1 aromatic carbocycles. The van der Waals surface area contributed by atoms with Gasteiger partial charge in [0.15, 0.2) is 0 Å². The molecule has 0 amide bonds. The summed E-state index contributed by atoms with van der Waals surface area (Å²) in [5.74, 6) is -0.421. The molecule has 1 aromatic rings. The minimum atomic E-state index is -3.63. The molecule has 19 heavy (non-hydrogen) atoms. The second-order valence-electron chi connectivity index (χ2n) is 4.90. The second-order valence-corrected chi connectivity index (χ2v) is 6.55. The van der Waals surface area contributed by atoms with Crippen molar-refractivity contribution in [1.82, 2.24) is 4.72 Å². The first-order chi connectivity index (χ1) is 8.90. The molecule has 1 unspecified atom stereocenters. The van der Waals surface area contributed by atoms with Crippen LogP contribution in [0.15, 0.2) is 17.0 Å². The molecule has 2 rings (SSSR count). The zero-order chi connectivity index (χ0) is 14.0. The van der Waals surface area contributed by atoms with E-state index in [1.165, 1.54) is 12.1 Å². The molecule has 106 valence electrons. The molecular weight excluding hydrogens is 269 g/mol. The number of benzene rings is 1. The summed E-state index contributed by atoms with van der Waals surface area (Å²) in [5, 5.41) is 0. The lowest BCUT2D eigenvalue weighted by Crippen LogP contribution is -2.41. The first kappa shape index (κ1) is 14.4. The molecular formula is C13H18FNO3S. The van der Waals surface area contributed by atoms with E-state index in [0.717, 1.165) is 12.8 Å². The Morgan fingerprint density at radius 3 is 2.47 bits per heavy atom. The van der Waals surface area contributed by atoms with Crippen molar-refractivity contribution in [1.29, 1.82) is 0 Å². The smallest absolute Gasteiger partial charge is 0.241 e. The monoisotopic (exact) mass is 287 g/mol. The number of halogens is 1. The van der Waals surface area contributed by atoms with Crippen molar-refractivity contribution in [3.8, 4) is 0 Å². The van der Waals surface area contributed by atoms with Crippen molar-refractivity contribution in [3.63, 3.8) is 0 Å². The molecule has 1 N–H and O–H groups in total. The Bertz CT molecular complexity index is 542. The largest absolute Gasteiger partial charge is 0.380 e. The molecule has 4 nitrogen and oxygen atoms in total. The highest BCUT2D eigenvalue weighted by Crippen LogP contribution is 2.22. The van der Waals surface area contributed by atoms with Gasteiger partial charge in [-0.1, -0.05) is 0 Å². The predicted octanol–water partition coefficient (Wildman–Crippen LogP) is 1.90. The quantitative estimate of drug-likeness (QED) is 0.924. The van der Waals surface area contributed by atoms with Crippen molar-refractivity contribution < 1.29 is 17.5 Å². The van der Waals surface area contributed by atoms with Crippen LogP contribution in [0.4, 0.5) is 4.39 Å². The highest BCUT2D eigenvalue weighted by atomic mass is 32.2. The molecule has 1 aliphatic rings. The van der Waals surface area contributed by atoms with Gasteiger partial charge in [-0.05, 0) is 49.9 Å². The topological polar surface area (TPSA) is 55.4 Å². The number of sulfonamides is 1. The van der Waals surface area contributed by atoms with Gasteiger partial charge in [0.2, 0.25) is 10.0 Å². The first-order valence-corrected chi connectivity index (χ1v) is 7.75. The summed E-state index contributed by atoms with van der Waals surface area (Å²) in [6.45, 7) is 4.26. The van der Waals surface area contributed by atoms with Crippen molar-refractivity contribution >= 4 is 10.0 Å². The van der Waals surface area contributed by atoms with E-state index in [1.54, 1.807) is 13.8 Å². The summed E-state index contributed by atoms with van der Waals surface area (Å²) in [7, 11) is -3.63. The average molecular weight is 287 g/mol. The van der Waals surface area contributed by atoms with Crippen LogP contribution in [0.3, 0.4) is 0 Å². The van der Waals surface area contributed by atoms with Crippen LogP contribution in [0.25, 0.3) is 0 Å². The van der Waals surface area contributed by atoms with Gasteiger partial charge in [-0.25, -0.2) is 17.5 Å². The van der Waals surface area contributed by atoms with Crippen molar-refractivity contribution in [3.05, 3.63) is 29.1 Å². The van der Waals surface area contributed by atoms with Gasteiger partial charge in [0.1, 0.15) is 5.82 Å². The van der Waals surface area contributed by atoms with E-state index in [4.69, 9.17) is 4.74 Å². The van der Waals surface area contributed by atoms with E-state index >= 15 is 0 Å². The maximum Gasteiger partial charge on any atom is 0.241 e. The molecule has 0 radical (unpaired) electrons. The molecule has 6 heteroatoms. The van der Waals surface area contributed by atoms with E-state index in [2.05, 4.69) is 4.72 Å². The van der Waals surface area contributed by atoms with Crippen molar-refractivity contribution in [2.24, 2.45) is 0 Å². The summed E-state index contributed by atoms with van der Waals surface area (Å²) < 4.78 is 45.8. The van der Waals surface area contributed by atoms with Gasteiger partial charge in [0, 0.05) is 12.6 Å². The molecule has 1 aliphatic heterocycles. The number of rotatable bonds is 3. The van der Waals surface area contributed by atoms with Crippen molar-refractivity contribution in [2.75, 3.05) is 13.2 Å². The highest BCUT2D eigenvalue weighted by Gasteiger charge is 2.25. The van der Waals surface area contributed by atoms with Gasteiger partial charge >= 0.3 is 0 Å². The Kier molecular flexibility index (Phi) is 4.23. The van der Waals surface area contributed by atoms with E-state index in [0.29, 0.717) is 24.3 Å². The van der Waals surface area contributed by atoms with E-state index in [-0.39, 0.29) is 10.9 Å². The van der Waals surface area contributed by atoms with Gasteiger partial charge in [-0.15, -0.1) is 0 Å². The van der Waals surface area contributed by atoms with Crippen LogP contribution in [-0.2, 0) is 14.8 Å². The summed E-state index contributed by atoms with van der Waals surface area (Å²) in [6, 6.07) is 2.26. The number of nitrogens with one attached hydrogen (secondary N) is 1. The van der Waals surface area contributed by atoms with Gasteiger partial charge in [-0.2, -0.15) is 0 Å². The van der Waals surface area contributed by atoms with Crippen LogP contribution in [0.5, 0.6) is 0 Å². The SMILES string of the molecule is Cc1cc(F)cc(C)c1S(=O)(=O)NC1CCCOC1. The van der Waals surface area contributed by atoms with Crippen LogP contribution in [0.2, 0.25) is 0 Å². The molecule has 1 fully saturated rings. The lowest BCUT2D eigenvalue weighted by atomic mass is 10.1. The Labute approximate surface area is 113 Å². The Hall–Kier alpha value is -0.980. The number of hydrogen-bond acceptors (Lipinski definition) is 3. The molecule has 1 saturated heterocycles. The zero-order valence-electron chi connectivity index (χ0n) is 11.1. The maximum absolute atomic E-state index is 13.2. The fraction of sp³-hybridized carbons (Fsp3) is 0.538. The molecule has 1 heterocycles. The highest BCUT2D eigenvalue weighted by molar-refractivity contribution is 7.89. The summed E-state index contributed by atoms with van der Waals surface area (Å²) in [5.41, 5.74) is 0.837. The third-order valence-corrected chi connectivity index (χ3v) is 5.00. The Balaban J connectivity index is 2.29. The summed E-state index contributed by atoms with van der Waals surface area (Å²) >= 11 is 0. The number of hydrogen-bond donors (Lipinski definition) is 1. The van der Waals surface area contributed by atoms with Crippen LogP contribution in [-0.4, -0.2) is 27.7 Å². The zero-order valence-corrected chi connectivity index (χ0v) is 11.9. The van der Waals surface area contributed by atoms with Crippen LogP contribution in [0.1, 0.15) is 24.0 Å². The van der Waals surface area contributed by atoms with E-state index in [9.17, 15) is 12.8 Å². The third-order valence-electron chi connectivity index (χ3n) is 3.18. The van der Waals surface area contributed by atoms with Gasteiger partial charge in [0.05, 0.1) is 11.5 Å². The summed E-state index contributed by atoms with van der Waals surface area (Å²) in [6.07, 6.45) is 1.60.